The predicted molar refractivity (Wildman–Crippen MR) is 98.5 cm³/mol. The molecule has 1 aromatic heterocycles. The fourth-order valence-corrected chi connectivity index (χ4v) is 2.91. The van der Waals surface area contributed by atoms with Crippen LogP contribution >= 0.6 is 0 Å². The summed E-state index contributed by atoms with van der Waals surface area (Å²) in [5.74, 6) is 0. The van der Waals surface area contributed by atoms with Crippen molar-refractivity contribution in [3.8, 4) is 22.4 Å². The van der Waals surface area contributed by atoms with Crippen molar-refractivity contribution in [2.75, 3.05) is 0 Å². The summed E-state index contributed by atoms with van der Waals surface area (Å²) in [6.07, 6.45) is 0. The van der Waals surface area contributed by atoms with Crippen molar-refractivity contribution >= 4 is 0 Å². The normalized spacial score (nSPS) is 14.0. The SMILES string of the molecule is [2H]C([2H])([2H])c1nc(-c2ccccc2)cc(-c2ccccc2)c1C(C)(C)C. The first-order chi connectivity index (χ1) is 12.2. The van der Waals surface area contributed by atoms with Gasteiger partial charge in [-0.2, -0.15) is 0 Å². The summed E-state index contributed by atoms with van der Waals surface area (Å²) in [5, 5.41) is 0. The highest BCUT2D eigenvalue weighted by Crippen LogP contribution is 2.37. The Bertz CT molecular complexity index is 892. The summed E-state index contributed by atoms with van der Waals surface area (Å²) in [4.78, 5) is 4.60. The molecule has 2 aromatic carbocycles. The highest BCUT2D eigenvalue weighted by molar-refractivity contribution is 5.75. The molecule has 0 bridgehead atoms. The van der Waals surface area contributed by atoms with Crippen molar-refractivity contribution in [2.24, 2.45) is 0 Å². The summed E-state index contributed by atoms with van der Waals surface area (Å²) in [7, 11) is 0. The Morgan fingerprint density at radius 2 is 1.39 bits per heavy atom. The maximum absolute atomic E-state index is 8.08. The second-order valence-electron chi connectivity index (χ2n) is 6.76. The van der Waals surface area contributed by atoms with Crippen molar-refractivity contribution in [2.45, 2.75) is 33.0 Å². The summed E-state index contributed by atoms with van der Waals surface area (Å²) in [6, 6.07) is 21.7. The van der Waals surface area contributed by atoms with Crippen molar-refractivity contribution < 1.29 is 4.11 Å². The molecule has 1 heteroatoms. The number of pyridine rings is 1. The molecular formula is C22H23N. The fourth-order valence-electron chi connectivity index (χ4n) is 2.91. The van der Waals surface area contributed by atoms with Crippen LogP contribution in [0, 0.1) is 6.85 Å². The first kappa shape index (κ1) is 12.1. The third kappa shape index (κ3) is 3.19. The molecular weight excluding hydrogens is 278 g/mol. The van der Waals surface area contributed by atoms with Crippen LogP contribution in [0.2, 0.25) is 0 Å². The van der Waals surface area contributed by atoms with Gasteiger partial charge in [-0.15, -0.1) is 0 Å². The predicted octanol–water partition coefficient (Wildman–Crippen LogP) is 6.02. The Hall–Kier alpha value is -2.41. The van der Waals surface area contributed by atoms with Gasteiger partial charge in [-0.05, 0) is 35.0 Å². The molecule has 0 radical (unpaired) electrons. The van der Waals surface area contributed by atoms with Crippen LogP contribution in [-0.4, -0.2) is 4.98 Å². The average Bonchev–Trinajstić information content (AvgIpc) is 2.60. The van der Waals surface area contributed by atoms with E-state index in [-0.39, 0.29) is 11.1 Å². The first-order valence-electron chi connectivity index (χ1n) is 9.35. The molecule has 0 aliphatic rings. The lowest BCUT2D eigenvalue weighted by Gasteiger charge is -2.26. The molecule has 0 spiro atoms. The largest absolute Gasteiger partial charge is 0.253 e. The molecule has 0 saturated heterocycles. The van der Waals surface area contributed by atoms with Gasteiger partial charge in [0.25, 0.3) is 0 Å². The van der Waals surface area contributed by atoms with E-state index in [1.54, 1.807) is 0 Å². The molecule has 23 heavy (non-hydrogen) atoms. The Morgan fingerprint density at radius 3 is 1.91 bits per heavy atom. The third-order valence-electron chi connectivity index (χ3n) is 3.92. The molecule has 116 valence electrons. The quantitative estimate of drug-likeness (QED) is 0.564. The number of benzene rings is 2. The van der Waals surface area contributed by atoms with Crippen molar-refractivity contribution in [1.29, 1.82) is 0 Å². The lowest BCUT2D eigenvalue weighted by molar-refractivity contribution is 0.584. The van der Waals surface area contributed by atoms with Gasteiger partial charge < -0.3 is 0 Å². The number of rotatable bonds is 2. The van der Waals surface area contributed by atoms with Gasteiger partial charge in [0, 0.05) is 15.4 Å². The van der Waals surface area contributed by atoms with E-state index in [4.69, 9.17) is 4.11 Å². The van der Waals surface area contributed by atoms with Crippen LogP contribution in [0.4, 0.5) is 0 Å². The van der Waals surface area contributed by atoms with E-state index in [0.29, 0.717) is 5.69 Å². The zero-order valence-electron chi connectivity index (χ0n) is 16.8. The van der Waals surface area contributed by atoms with E-state index < -0.39 is 6.85 Å². The summed E-state index contributed by atoms with van der Waals surface area (Å²) < 4.78 is 24.2. The number of aromatic nitrogens is 1. The number of nitrogens with zero attached hydrogens (tertiary/aromatic N) is 1. The van der Waals surface area contributed by atoms with Crippen LogP contribution in [0.1, 0.15) is 36.1 Å². The molecule has 0 amide bonds. The highest BCUT2D eigenvalue weighted by Gasteiger charge is 2.23. The van der Waals surface area contributed by atoms with Gasteiger partial charge in [0.2, 0.25) is 0 Å². The Morgan fingerprint density at radius 1 is 0.826 bits per heavy atom. The molecule has 0 N–H and O–H groups in total. The molecule has 0 unspecified atom stereocenters. The Kier molecular flexibility index (Phi) is 3.15. The minimum Gasteiger partial charge on any atom is -0.253 e. The van der Waals surface area contributed by atoms with Crippen molar-refractivity contribution in [3.05, 3.63) is 78.0 Å². The first-order valence-corrected chi connectivity index (χ1v) is 7.85. The van der Waals surface area contributed by atoms with Crippen molar-refractivity contribution in [3.63, 3.8) is 0 Å². The van der Waals surface area contributed by atoms with Gasteiger partial charge in [0.15, 0.2) is 0 Å². The molecule has 1 nitrogen and oxygen atoms in total. The second-order valence-corrected chi connectivity index (χ2v) is 6.76. The lowest BCUT2D eigenvalue weighted by Crippen LogP contribution is -2.16. The van der Waals surface area contributed by atoms with E-state index in [2.05, 4.69) is 4.98 Å². The van der Waals surface area contributed by atoms with Gasteiger partial charge in [0.1, 0.15) is 0 Å². The van der Waals surface area contributed by atoms with E-state index in [1.165, 1.54) is 0 Å². The molecule has 0 saturated carbocycles. The van der Waals surface area contributed by atoms with Crippen LogP contribution in [0.5, 0.6) is 0 Å². The number of aryl methyl sites for hydroxylation is 1. The zero-order chi connectivity index (χ0) is 18.9. The molecule has 3 aromatic rings. The van der Waals surface area contributed by atoms with Crippen LogP contribution in [0.25, 0.3) is 22.4 Å². The van der Waals surface area contributed by atoms with Gasteiger partial charge in [0.05, 0.1) is 5.69 Å². The van der Waals surface area contributed by atoms with E-state index in [0.717, 1.165) is 22.3 Å². The molecule has 0 atom stereocenters. The van der Waals surface area contributed by atoms with Gasteiger partial charge >= 0.3 is 0 Å². The van der Waals surface area contributed by atoms with Gasteiger partial charge in [-0.1, -0.05) is 81.4 Å². The summed E-state index contributed by atoms with van der Waals surface area (Å²) in [6.45, 7) is 3.83. The molecule has 0 aliphatic carbocycles. The number of hydrogen-bond acceptors (Lipinski definition) is 1. The maximum Gasteiger partial charge on any atom is 0.0711 e. The van der Waals surface area contributed by atoms with Crippen LogP contribution < -0.4 is 0 Å². The minimum atomic E-state index is -2.28. The Labute approximate surface area is 143 Å². The standard InChI is InChI=1S/C22H23N/c1-16-21(22(2,3)4)19(17-11-7-5-8-12-17)15-20(23-16)18-13-9-6-10-14-18/h5-15H,1-4H3/i1D3. The monoisotopic (exact) mass is 304 g/mol. The average molecular weight is 304 g/mol. The summed E-state index contributed by atoms with van der Waals surface area (Å²) >= 11 is 0. The van der Waals surface area contributed by atoms with Crippen LogP contribution in [0.15, 0.2) is 66.7 Å². The fraction of sp³-hybridized carbons (Fsp3) is 0.227. The van der Waals surface area contributed by atoms with Gasteiger partial charge in [-0.3, -0.25) is 4.98 Å². The lowest BCUT2D eigenvalue weighted by atomic mass is 9.80. The van der Waals surface area contributed by atoms with E-state index in [1.807, 2.05) is 87.5 Å². The maximum atomic E-state index is 8.08. The van der Waals surface area contributed by atoms with Gasteiger partial charge in [-0.25, -0.2) is 0 Å². The minimum absolute atomic E-state index is 0.185. The molecule has 0 fully saturated rings. The van der Waals surface area contributed by atoms with Crippen molar-refractivity contribution in [1.82, 2.24) is 4.98 Å². The topological polar surface area (TPSA) is 12.9 Å². The smallest absolute Gasteiger partial charge is 0.0711 e. The molecule has 1 heterocycles. The van der Waals surface area contributed by atoms with Crippen LogP contribution in [0.3, 0.4) is 0 Å². The van der Waals surface area contributed by atoms with E-state index in [9.17, 15) is 0 Å². The second kappa shape index (κ2) is 6.00. The zero-order valence-corrected chi connectivity index (χ0v) is 13.8. The highest BCUT2D eigenvalue weighted by atomic mass is 14.7. The molecule has 0 aliphatic heterocycles. The van der Waals surface area contributed by atoms with Crippen LogP contribution in [-0.2, 0) is 5.41 Å². The molecule has 3 rings (SSSR count). The Balaban J connectivity index is 2.40. The van der Waals surface area contributed by atoms with E-state index >= 15 is 0 Å². The summed E-state index contributed by atoms with van der Waals surface area (Å²) in [5.41, 5.74) is 4.14. The third-order valence-corrected chi connectivity index (χ3v) is 3.92. The number of hydrogen-bond donors (Lipinski definition) is 0.